The molecule has 0 saturated carbocycles. The maximum atomic E-state index is 12.5. The molecule has 1 saturated heterocycles. The van der Waals surface area contributed by atoms with Gasteiger partial charge in [0.05, 0.1) is 4.90 Å². The molecule has 3 rings (SSSR count). The van der Waals surface area contributed by atoms with Crippen molar-refractivity contribution in [1.29, 1.82) is 0 Å². The van der Waals surface area contributed by atoms with Crippen LogP contribution < -0.4 is 10.0 Å². The summed E-state index contributed by atoms with van der Waals surface area (Å²) in [5.74, 6) is 0. The average molecular weight is 392 g/mol. The van der Waals surface area contributed by atoms with Crippen LogP contribution in [0.25, 0.3) is 0 Å². The largest absolute Gasteiger partial charge is 0.325 e. The Balaban J connectivity index is 1.69. The molecule has 0 spiro atoms. The fourth-order valence-electron chi connectivity index (χ4n) is 2.74. The van der Waals surface area contributed by atoms with Gasteiger partial charge < -0.3 is 10.2 Å². The number of amides is 2. The maximum absolute atomic E-state index is 12.5. The van der Waals surface area contributed by atoms with Gasteiger partial charge in [0, 0.05) is 29.4 Å². The van der Waals surface area contributed by atoms with Crippen molar-refractivity contribution in [2.75, 3.05) is 29.4 Å². The molecule has 2 N–H and O–H groups in total. The fourth-order valence-corrected chi connectivity index (χ4v) is 4.25. The minimum absolute atomic E-state index is 0.145. The van der Waals surface area contributed by atoms with Gasteiger partial charge in [0.25, 0.3) is 10.0 Å². The Kier molecular flexibility index (Phi) is 5.73. The number of carbonyl (C=O) groups excluding carboxylic acids is 1. The lowest BCUT2D eigenvalue weighted by Gasteiger charge is -2.16. The maximum Gasteiger partial charge on any atom is 0.321 e. The number of sulfonamides is 1. The molecule has 2 amide bonds. The highest BCUT2D eigenvalue weighted by atomic mass is 32.2. The minimum atomic E-state index is -3.68. The van der Waals surface area contributed by atoms with Gasteiger partial charge in [-0.25, -0.2) is 13.2 Å². The Bertz CT molecular complexity index is 877. The molecule has 2 aromatic carbocycles. The van der Waals surface area contributed by atoms with Gasteiger partial charge in [0.2, 0.25) is 0 Å². The Labute approximate surface area is 158 Å². The number of thioether (sulfide) groups is 1. The summed E-state index contributed by atoms with van der Waals surface area (Å²) in [4.78, 5) is 15.0. The number of rotatable bonds is 5. The topological polar surface area (TPSA) is 78.5 Å². The zero-order valence-corrected chi connectivity index (χ0v) is 16.1. The van der Waals surface area contributed by atoms with Gasteiger partial charge in [0.1, 0.15) is 0 Å². The number of urea groups is 1. The highest BCUT2D eigenvalue weighted by molar-refractivity contribution is 7.98. The van der Waals surface area contributed by atoms with Gasteiger partial charge in [-0.3, -0.25) is 4.72 Å². The van der Waals surface area contributed by atoms with E-state index in [2.05, 4.69) is 10.0 Å². The first-order valence-electron chi connectivity index (χ1n) is 8.31. The number of benzene rings is 2. The van der Waals surface area contributed by atoms with Crippen LogP contribution in [0.4, 0.5) is 16.2 Å². The SMILES string of the molecule is CSc1cccc(NS(=O)(=O)c2ccc(NC(=O)N3CCCC3)cc2)c1. The van der Waals surface area contributed by atoms with Crippen LogP contribution in [0.3, 0.4) is 0 Å². The molecule has 1 heterocycles. The molecule has 138 valence electrons. The van der Waals surface area contributed by atoms with Crippen LogP contribution in [0.2, 0.25) is 0 Å². The van der Waals surface area contributed by atoms with E-state index in [0.29, 0.717) is 11.4 Å². The zero-order chi connectivity index (χ0) is 18.6. The Morgan fingerprint density at radius 3 is 2.38 bits per heavy atom. The number of hydrogen-bond donors (Lipinski definition) is 2. The molecule has 0 bridgehead atoms. The molecule has 6 nitrogen and oxygen atoms in total. The molecular weight excluding hydrogens is 370 g/mol. The first kappa shape index (κ1) is 18.6. The molecule has 0 unspecified atom stereocenters. The highest BCUT2D eigenvalue weighted by Gasteiger charge is 2.18. The fraction of sp³-hybridized carbons (Fsp3) is 0.278. The van der Waals surface area contributed by atoms with Crippen LogP contribution in [-0.2, 0) is 10.0 Å². The quantitative estimate of drug-likeness (QED) is 0.759. The summed E-state index contributed by atoms with van der Waals surface area (Å²) in [7, 11) is -3.68. The normalized spacial score (nSPS) is 14.3. The number of likely N-dealkylation sites (tertiary alicyclic amines) is 1. The van der Waals surface area contributed by atoms with Crippen molar-refractivity contribution in [3.63, 3.8) is 0 Å². The van der Waals surface area contributed by atoms with Gasteiger partial charge in [-0.15, -0.1) is 11.8 Å². The van der Waals surface area contributed by atoms with E-state index in [1.165, 1.54) is 12.1 Å². The summed E-state index contributed by atoms with van der Waals surface area (Å²) in [5.41, 5.74) is 1.09. The van der Waals surface area contributed by atoms with Gasteiger partial charge in [-0.2, -0.15) is 0 Å². The second-order valence-electron chi connectivity index (χ2n) is 5.99. The molecule has 0 radical (unpaired) electrons. The summed E-state index contributed by atoms with van der Waals surface area (Å²) < 4.78 is 27.6. The molecule has 0 atom stereocenters. The molecule has 0 aromatic heterocycles. The van der Waals surface area contributed by atoms with Crippen LogP contribution >= 0.6 is 11.8 Å². The van der Waals surface area contributed by atoms with Crippen molar-refractivity contribution < 1.29 is 13.2 Å². The van der Waals surface area contributed by atoms with Gasteiger partial charge in [-0.05, 0) is 61.6 Å². The first-order valence-corrected chi connectivity index (χ1v) is 11.0. The molecule has 1 fully saturated rings. The summed E-state index contributed by atoms with van der Waals surface area (Å²) in [6.45, 7) is 1.52. The second-order valence-corrected chi connectivity index (χ2v) is 8.55. The Morgan fingerprint density at radius 1 is 1.04 bits per heavy atom. The molecule has 1 aliphatic heterocycles. The third-order valence-corrected chi connectivity index (χ3v) is 6.25. The van der Waals surface area contributed by atoms with Gasteiger partial charge >= 0.3 is 6.03 Å². The van der Waals surface area contributed by atoms with Crippen molar-refractivity contribution in [3.05, 3.63) is 48.5 Å². The van der Waals surface area contributed by atoms with E-state index in [1.807, 2.05) is 12.3 Å². The second kappa shape index (κ2) is 8.01. The van der Waals surface area contributed by atoms with E-state index in [-0.39, 0.29) is 10.9 Å². The van der Waals surface area contributed by atoms with E-state index in [4.69, 9.17) is 0 Å². The predicted molar refractivity (Wildman–Crippen MR) is 105 cm³/mol. The monoisotopic (exact) mass is 391 g/mol. The first-order chi connectivity index (χ1) is 12.5. The molecule has 26 heavy (non-hydrogen) atoms. The van der Waals surface area contributed by atoms with Crippen LogP contribution in [0, 0.1) is 0 Å². The Morgan fingerprint density at radius 2 is 1.73 bits per heavy atom. The summed E-state index contributed by atoms with van der Waals surface area (Å²) in [5, 5.41) is 2.80. The zero-order valence-electron chi connectivity index (χ0n) is 14.4. The number of anilines is 2. The molecule has 0 aliphatic carbocycles. The predicted octanol–water partition coefficient (Wildman–Crippen LogP) is 3.84. The van der Waals surface area contributed by atoms with E-state index in [1.54, 1.807) is 47.0 Å². The third-order valence-electron chi connectivity index (χ3n) is 4.13. The lowest BCUT2D eigenvalue weighted by molar-refractivity contribution is 0.222. The summed E-state index contributed by atoms with van der Waals surface area (Å²) >= 11 is 1.54. The van der Waals surface area contributed by atoms with E-state index < -0.39 is 10.0 Å². The number of hydrogen-bond acceptors (Lipinski definition) is 4. The van der Waals surface area contributed by atoms with Crippen molar-refractivity contribution >= 4 is 39.2 Å². The van der Waals surface area contributed by atoms with Crippen LogP contribution in [-0.4, -0.2) is 38.7 Å². The van der Waals surface area contributed by atoms with Crippen molar-refractivity contribution in [2.45, 2.75) is 22.6 Å². The van der Waals surface area contributed by atoms with E-state index in [0.717, 1.165) is 30.8 Å². The lowest BCUT2D eigenvalue weighted by Crippen LogP contribution is -2.32. The van der Waals surface area contributed by atoms with Crippen LogP contribution in [0.15, 0.2) is 58.3 Å². The minimum Gasteiger partial charge on any atom is -0.325 e. The summed E-state index contributed by atoms with van der Waals surface area (Å²) in [6, 6.07) is 13.2. The number of nitrogens with zero attached hydrogens (tertiary/aromatic N) is 1. The Hall–Kier alpha value is -2.19. The van der Waals surface area contributed by atoms with Crippen molar-refractivity contribution in [1.82, 2.24) is 4.90 Å². The summed E-state index contributed by atoms with van der Waals surface area (Å²) in [6.07, 6.45) is 3.98. The molecular formula is C18H21N3O3S2. The van der Waals surface area contributed by atoms with Crippen LogP contribution in [0.1, 0.15) is 12.8 Å². The van der Waals surface area contributed by atoms with E-state index in [9.17, 15) is 13.2 Å². The molecule has 2 aromatic rings. The standard InChI is InChI=1S/C18H21N3O3S2/c1-25-16-6-4-5-15(13-16)20-26(23,24)17-9-7-14(8-10-17)19-18(22)21-11-2-3-12-21/h4-10,13,20H,2-3,11-12H2,1H3,(H,19,22). The highest BCUT2D eigenvalue weighted by Crippen LogP contribution is 2.22. The van der Waals surface area contributed by atoms with E-state index >= 15 is 0 Å². The van der Waals surface area contributed by atoms with Crippen LogP contribution in [0.5, 0.6) is 0 Å². The third kappa shape index (κ3) is 4.50. The van der Waals surface area contributed by atoms with Crippen molar-refractivity contribution in [2.24, 2.45) is 0 Å². The number of nitrogens with one attached hydrogen (secondary N) is 2. The molecule has 1 aliphatic rings. The average Bonchev–Trinajstić information content (AvgIpc) is 3.17. The van der Waals surface area contributed by atoms with Gasteiger partial charge in [0.15, 0.2) is 0 Å². The smallest absolute Gasteiger partial charge is 0.321 e. The van der Waals surface area contributed by atoms with Crippen molar-refractivity contribution in [3.8, 4) is 0 Å². The number of carbonyl (C=O) groups is 1. The lowest BCUT2D eigenvalue weighted by atomic mass is 10.3. The molecule has 8 heteroatoms. The van der Waals surface area contributed by atoms with Gasteiger partial charge in [-0.1, -0.05) is 6.07 Å².